The van der Waals surface area contributed by atoms with Crippen molar-refractivity contribution < 1.29 is 18.3 Å². The van der Waals surface area contributed by atoms with Gasteiger partial charge in [-0.25, -0.2) is 8.78 Å². The summed E-state index contributed by atoms with van der Waals surface area (Å²) in [6.07, 6.45) is -2.66. The molecule has 1 rings (SSSR count). The molecule has 0 radical (unpaired) electrons. The van der Waals surface area contributed by atoms with E-state index in [2.05, 4.69) is 15.9 Å². The molecular weight excluding hydrogens is 282 g/mol. The Hall–Kier alpha value is -0.970. The molecule has 88 valence electrons. The second-order valence-corrected chi connectivity index (χ2v) is 3.74. The predicted octanol–water partition coefficient (Wildman–Crippen LogP) is 3.14. The van der Waals surface area contributed by atoms with Crippen molar-refractivity contribution in [3.05, 3.63) is 29.3 Å². The SMILES string of the molecule is COc1cccc(CC(=O)CBr)c1C(F)F. The van der Waals surface area contributed by atoms with Crippen LogP contribution in [0.15, 0.2) is 18.2 Å². The maximum Gasteiger partial charge on any atom is 0.267 e. The van der Waals surface area contributed by atoms with Crippen LogP contribution in [-0.2, 0) is 11.2 Å². The fraction of sp³-hybridized carbons (Fsp3) is 0.364. The summed E-state index contributed by atoms with van der Waals surface area (Å²) in [7, 11) is 1.33. The number of methoxy groups -OCH3 is 1. The molecular formula is C11H11BrF2O2. The van der Waals surface area contributed by atoms with Crippen LogP contribution in [0.25, 0.3) is 0 Å². The van der Waals surface area contributed by atoms with Crippen molar-refractivity contribution in [2.24, 2.45) is 0 Å². The van der Waals surface area contributed by atoms with E-state index in [9.17, 15) is 13.6 Å². The number of Topliss-reactive ketones (excluding diaryl/α,β-unsaturated/α-hetero) is 1. The Bertz CT molecular complexity index is 380. The summed E-state index contributed by atoms with van der Waals surface area (Å²) in [5.74, 6) is -0.0231. The second-order valence-electron chi connectivity index (χ2n) is 3.18. The van der Waals surface area contributed by atoms with E-state index in [1.54, 1.807) is 6.07 Å². The van der Waals surface area contributed by atoms with Gasteiger partial charge in [0.25, 0.3) is 6.43 Å². The average Bonchev–Trinajstić information content (AvgIpc) is 2.28. The van der Waals surface area contributed by atoms with Gasteiger partial charge in [-0.05, 0) is 11.6 Å². The van der Waals surface area contributed by atoms with Gasteiger partial charge in [0.2, 0.25) is 0 Å². The highest BCUT2D eigenvalue weighted by Gasteiger charge is 2.19. The molecule has 0 spiro atoms. The van der Waals surface area contributed by atoms with Crippen LogP contribution >= 0.6 is 15.9 Å². The Balaban J connectivity index is 3.11. The third-order valence-corrected chi connectivity index (χ3v) is 2.76. The second kappa shape index (κ2) is 5.94. The molecule has 0 N–H and O–H groups in total. The lowest BCUT2D eigenvalue weighted by Gasteiger charge is -2.12. The van der Waals surface area contributed by atoms with Crippen molar-refractivity contribution >= 4 is 21.7 Å². The molecule has 1 aromatic carbocycles. The molecule has 0 heterocycles. The summed E-state index contributed by atoms with van der Waals surface area (Å²) in [4.78, 5) is 11.2. The van der Waals surface area contributed by atoms with Gasteiger partial charge in [-0.1, -0.05) is 28.1 Å². The summed E-state index contributed by atoms with van der Waals surface area (Å²) >= 11 is 3.00. The Labute approximate surface area is 101 Å². The van der Waals surface area contributed by atoms with Crippen molar-refractivity contribution in [2.45, 2.75) is 12.8 Å². The minimum absolute atomic E-state index is 0.0118. The van der Waals surface area contributed by atoms with Crippen LogP contribution in [0.5, 0.6) is 5.75 Å². The summed E-state index contributed by atoms with van der Waals surface area (Å²) < 4.78 is 30.5. The van der Waals surface area contributed by atoms with Gasteiger partial charge >= 0.3 is 0 Å². The van der Waals surface area contributed by atoms with E-state index in [1.807, 2.05) is 0 Å². The molecule has 0 saturated carbocycles. The minimum Gasteiger partial charge on any atom is -0.496 e. The lowest BCUT2D eigenvalue weighted by atomic mass is 10.0. The van der Waals surface area contributed by atoms with E-state index in [0.29, 0.717) is 5.56 Å². The van der Waals surface area contributed by atoms with E-state index in [-0.39, 0.29) is 28.8 Å². The summed E-state index contributed by atoms with van der Waals surface area (Å²) in [6.45, 7) is 0. The van der Waals surface area contributed by atoms with Gasteiger partial charge in [0.05, 0.1) is 18.0 Å². The van der Waals surface area contributed by atoms with Crippen LogP contribution in [0.2, 0.25) is 0 Å². The van der Waals surface area contributed by atoms with Gasteiger partial charge in [-0.2, -0.15) is 0 Å². The van der Waals surface area contributed by atoms with Crippen molar-refractivity contribution in [2.75, 3.05) is 12.4 Å². The molecule has 0 saturated heterocycles. The van der Waals surface area contributed by atoms with Gasteiger partial charge in [-0.15, -0.1) is 0 Å². The van der Waals surface area contributed by atoms with Crippen LogP contribution in [0, 0.1) is 0 Å². The quantitative estimate of drug-likeness (QED) is 0.780. The highest BCUT2D eigenvalue weighted by atomic mass is 79.9. The Morgan fingerprint density at radius 2 is 2.19 bits per heavy atom. The first-order valence-corrected chi connectivity index (χ1v) is 5.74. The van der Waals surface area contributed by atoms with Crippen LogP contribution in [0.3, 0.4) is 0 Å². The first-order chi connectivity index (χ1) is 7.60. The fourth-order valence-electron chi connectivity index (χ4n) is 1.43. The van der Waals surface area contributed by atoms with Crippen molar-refractivity contribution in [3.63, 3.8) is 0 Å². The Morgan fingerprint density at radius 1 is 1.50 bits per heavy atom. The van der Waals surface area contributed by atoms with Crippen LogP contribution in [0.4, 0.5) is 8.78 Å². The highest BCUT2D eigenvalue weighted by molar-refractivity contribution is 9.09. The van der Waals surface area contributed by atoms with Gasteiger partial charge in [0.15, 0.2) is 0 Å². The lowest BCUT2D eigenvalue weighted by molar-refractivity contribution is -0.115. The lowest BCUT2D eigenvalue weighted by Crippen LogP contribution is -2.07. The number of rotatable bonds is 5. The zero-order valence-corrected chi connectivity index (χ0v) is 10.3. The standard InChI is InChI=1S/C11H11BrF2O2/c1-16-9-4-2-3-7(5-8(15)6-12)10(9)11(13)14/h2-4,11H,5-6H2,1H3. The van der Waals surface area contributed by atoms with Gasteiger partial charge in [0, 0.05) is 6.42 Å². The topological polar surface area (TPSA) is 26.3 Å². The zero-order valence-electron chi connectivity index (χ0n) is 8.67. The summed E-state index contributed by atoms with van der Waals surface area (Å²) in [6, 6.07) is 4.58. The number of hydrogen-bond acceptors (Lipinski definition) is 2. The molecule has 5 heteroatoms. The number of benzene rings is 1. The number of ketones is 1. The summed E-state index contributed by atoms with van der Waals surface area (Å²) in [5, 5.41) is 0.160. The fourth-order valence-corrected chi connectivity index (χ4v) is 1.63. The Kier molecular flexibility index (Phi) is 4.86. The largest absolute Gasteiger partial charge is 0.496 e. The smallest absolute Gasteiger partial charge is 0.267 e. The zero-order chi connectivity index (χ0) is 12.1. The van der Waals surface area contributed by atoms with Crippen molar-refractivity contribution in [1.82, 2.24) is 0 Å². The highest BCUT2D eigenvalue weighted by Crippen LogP contribution is 2.32. The first-order valence-electron chi connectivity index (χ1n) is 4.61. The molecule has 0 fully saturated rings. The normalized spacial score (nSPS) is 10.6. The molecule has 16 heavy (non-hydrogen) atoms. The molecule has 0 atom stereocenters. The maximum atomic E-state index is 12.8. The molecule has 0 aliphatic carbocycles. The van der Waals surface area contributed by atoms with E-state index in [0.717, 1.165) is 0 Å². The monoisotopic (exact) mass is 292 g/mol. The van der Waals surface area contributed by atoms with E-state index in [4.69, 9.17) is 4.74 Å². The number of carbonyl (C=O) groups excluding carboxylic acids is 1. The Morgan fingerprint density at radius 3 is 2.69 bits per heavy atom. The molecule has 2 nitrogen and oxygen atoms in total. The van der Waals surface area contributed by atoms with E-state index >= 15 is 0 Å². The summed E-state index contributed by atoms with van der Waals surface area (Å²) in [5.41, 5.74) is 0.123. The van der Waals surface area contributed by atoms with Gasteiger partial charge in [-0.3, -0.25) is 4.79 Å². The average molecular weight is 293 g/mol. The number of ether oxygens (including phenoxy) is 1. The molecule has 0 unspecified atom stereocenters. The number of halogens is 3. The van der Waals surface area contributed by atoms with E-state index in [1.165, 1.54) is 19.2 Å². The predicted molar refractivity (Wildman–Crippen MR) is 60.5 cm³/mol. The number of alkyl halides is 3. The maximum absolute atomic E-state index is 12.8. The molecule has 1 aromatic rings. The molecule has 0 aliphatic rings. The molecule has 0 amide bonds. The van der Waals surface area contributed by atoms with Crippen LogP contribution in [-0.4, -0.2) is 18.2 Å². The van der Waals surface area contributed by atoms with Crippen molar-refractivity contribution in [1.29, 1.82) is 0 Å². The van der Waals surface area contributed by atoms with Crippen molar-refractivity contribution in [3.8, 4) is 5.75 Å². The number of hydrogen-bond donors (Lipinski definition) is 0. The molecule has 0 bridgehead atoms. The number of carbonyl (C=O) groups is 1. The molecule has 0 aromatic heterocycles. The van der Waals surface area contributed by atoms with Crippen LogP contribution < -0.4 is 4.74 Å². The third kappa shape index (κ3) is 3.01. The molecule has 0 aliphatic heterocycles. The van der Waals surface area contributed by atoms with Gasteiger partial charge in [0.1, 0.15) is 11.5 Å². The minimum atomic E-state index is -2.64. The van der Waals surface area contributed by atoms with Gasteiger partial charge < -0.3 is 4.74 Å². The van der Waals surface area contributed by atoms with E-state index < -0.39 is 6.43 Å². The van der Waals surface area contributed by atoms with Crippen LogP contribution in [0.1, 0.15) is 17.6 Å². The third-order valence-electron chi connectivity index (χ3n) is 2.13. The first kappa shape index (κ1) is 13.1.